The van der Waals surface area contributed by atoms with E-state index < -0.39 is 0 Å². The molecule has 74 valence electrons. The van der Waals surface area contributed by atoms with Gasteiger partial charge in [-0.25, -0.2) is 0 Å². The van der Waals surface area contributed by atoms with Crippen molar-refractivity contribution in [3.05, 3.63) is 34.8 Å². The van der Waals surface area contributed by atoms with Crippen molar-refractivity contribution in [3.63, 3.8) is 0 Å². The lowest BCUT2D eigenvalue weighted by Crippen LogP contribution is -2.48. The Morgan fingerprint density at radius 2 is 1.93 bits per heavy atom. The van der Waals surface area contributed by atoms with Crippen LogP contribution in [0.5, 0.6) is 0 Å². The lowest BCUT2D eigenvalue weighted by atomic mass is 10.0. The third-order valence-corrected chi connectivity index (χ3v) is 2.94. The standard InChI is InChI=1S/C12H16N2/c1-3-12(4-2)13-9-10-7-5-6-8-11(10)14-12/h5-9,13H,3-4H2,1-2H3. The van der Waals surface area contributed by atoms with Crippen LogP contribution in [0.3, 0.4) is 0 Å². The van der Waals surface area contributed by atoms with E-state index in [1.54, 1.807) is 0 Å². The Kier molecular flexibility index (Phi) is 2.28. The molecule has 0 aromatic heterocycles. The number of nitrogens with one attached hydrogen (secondary N) is 1. The fourth-order valence-corrected chi connectivity index (χ4v) is 1.80. The predicted octanol–water partition coefficient (Wildman–Crippen LogP) is 1.16. The zero-order valence-electron chi connectivity index (χ0n) is 8.75. The van der Waals surface area contributed by atoms with Crippen LogP contribution in [0.25, 0.3) is 6.20 Å². The Morgan fingerprint density at radius 1 is 1.21 bits per heavy atom. The highest BCUT2D eigenvalue weighted by molar-refractivity contribution is 5.26. The van der Waals surface area contributed by atoms with E-state index in [9.17, 15) is 0 Å². The Balaban J connectivity index is 2.57. The van der Waals surface area contributed by atoms with Gasteiger partial charge in [0.15, 0.2) is 0 Å². The van der Waals surface area contributed by atoms with Crippen LogP contribution in [0.2, 0.25) is 0 Å². The Morgan fingerprint density at radius 3 is 2.64 bits per heavy atom. The van der Waals surface area contributed by atoms with Crippen molar-refractivity contribution in [1.82, 2.24) is 5.32 Å². The molecule has 0 amide bonds. The molecule has 0 fully saturated rings. The van der Waals surface area contributed by atoms with Crippen LogP contribution in [0.15, 0.2) is 29.3 Å². The first kappa shape index (κ1) is 9.25. The minimum atomic E-state index is -0.0750. The molecule has 14 heavy (non-hydrogen) atoms. The van der Waals surface area contributed by atoms with Crippen molar-refractivity contribution >= 4 is 6.20 Å². The number of hydrogen-bond donors (Lipinski definition) is 1. The maximum atomic E-state index is 4.77. The van der Waals surface area contributed by atoms with Gasteiger partial charge in [0, 0.05) is 11.4 Å². The summed E-state index contributed by atoms with van der Waals surface area (Å²) in [5.74, 6) is 0. The van der Waals surface area contributed by atoms with E-state index in [4.69, 9.17) is 4.99 Å². The van der Waals surface area contributed by atoms with Crippen LogP contribution >= 0.6 is 0 Å². The van der Waals surface area contributed by atoms with Crippen LogP contribution < -0.4 is 15.9 Å². The second-order valence-corrected chi connectivity index (χ2v) is 3.70. The monoisotopic (exact) mass is 188 g/mol. The van der Waals surface area contributed by atoms with Gasteiger partial charge in [-0.05, 0) is 18.9 Å². The zero-order valence-corrected chi connectivity index (χ0v) is 8.75. The molecule has 1 heterocycles. The van der Waals surface area contributed by atoms with Crippen molar-refractivity contribution in [2.45, 2.75) is 32.4 Å². The highest BCUT2D eigenvalue weighted by atomic mass is 15.1. The Hall–Kier alpha value is -1.31. The molecule has 0 aliphatic carbocycles. The molecule has 1 aliphatic heterocycles. The van der Waals surface area contributed by atoms with Crippen molar-refractivity contribution in [2.24, 2.45) is 4.99 Å². The van der Waals surface area contributed by atoms with E-state index >= 15 is 0 Å². The summed E-state index contributed by atoms with van der Waals surface area (Å²) < 4.78 is 0. The molecular weight excluding hydrogens is 172 g/mol. The van der Waals surface area contributed by atoms with Gasteiger partial charge in [0.25, 0.3) is 0 Å². The summed E-state index contributed by atoms with van der Waals surface area (Å²) in [5, 5.41) is 5.69. The van der Waals surface area contributed by atoms with Gasteiger partial charge in [-0.3, -0.25) is 4.99 Å². The summed E-state index contributed by atoms with van der Waals surface area (Å²) in [6.07, 6.45) is 4.12. The van der Waals surface area contributed by atoms with E-state index in [0.29, 0.717) is 0 Å². The molecule has 1 aromatic carbocycles. The van der Waals surface area contributed by atoms with Gasteiger partial charge in [-0.2, -0.15) is 0 Å². The summed E-state index contributed by atoms with van der Waals surface area (Å²) in [6, 6.07) is 8.24. The first-order chi connectivity index (χ1) is 6.79. The molecule has 0 bridgehead atoms. The summed E-state index contributed by atoms with van der Waals surface area (Å²) in [5.41, 5.74) is -0.0750. The largest absolute Gasteiger partial charge is 0.367 e. The second kappa shape index (κ2) is 3.45. The maximum Gasteiger partial charge on any atom is 0.129 e. The lowest BCUT2D eigenvalue weighted by Gasteiger charge is -2.29. The number of para-hydroxylation sites is 1. The summed E-state index contributed by atoms with van der Waals surface area (Å²) >= 11 is 0. The molecular formula is C12H16N2. The highest BCUT2D eigenvalue weighted by Gasteiger charge is 2.24. The summed E-state index contributed by atoms with van der Waals surface area (Å²) in [6.45, 7) is 4.34. The van der Waals surface area contributed by atoms with Gasteiger partial charge in [0.1, 0.15) is 5.66 Å². The smallest absolute Gasteiger partial charge is 0.129 e. The predicted molar refractivity (Wildman–Crippen MR) is 58.1 cm³/mol. The van der Waals surface area contributed by atoms with E-state index in [-0.39, 0.29) is 5.66 Å². The molecule has 1 aromatic rings. The van der Waals surface area contributed by atoms with Gasteiger partial charge in [-0.1, -0.05) is 32.0 Å². The Labute approximate surface area is 84.4 Å². The molecule has 0 unspecified atom stereocenters. The molecule has 0 saturated heterocycles. The van der Waals surface area contributed by atoms with Crippen molar-refractivity contribution in [1.29, 1.82) is 0 Å². The fraction of sp³-hybridized carbons (Fsp3) is 0.417. The number of nitrogens with zero attached hydrogens (tertiary/aromatic N) is 1. The zero-order chi connectivity index (χ0) is 10.0. The number of fused-ring (bicyclic) bond motifs is 1. The molecule has 0 atom stereocenters. The normalized spacial score (nSPS) is 17.3. The molecule has 2 nitrogen and oxygen atoms in total. The highest BCUT2D eigenvalue weighted by Crippen LogP contribution is 2.16. The number of benzene rings is 1. The maximum absolute atomic E-state index is 4.77. The average molecular weight is 188 g/mol. The van der Waals surface area contributed by atoms with Crippen molar-refractivity contribution in [3.8, 4) is 0 Å². The molecule has 0 radical (unpaired) electrons. The summed E-state index contributed by atoms with van der Waals surface area (Å²) in [4.78, 5) is 4.77. The first-order valence-electron chi connectivity index (χ1n) is 5.22. The van der Waals surface area contributed by atoms with Crippen LogP contribution in [0.4, 0.5) is 0 Å². The van der Waals surface area contributed by atoms with Gasteiger partial charge < -0.3 is 5.32 Å². The topological polar surface area (TPSA) is 24.4 Å². The van der Waals surface area contributed by atoms with Gasteiger partial charge >= 0.3 is 0 Å². The minimum absolute atomic E-state index is 0.0750. The molecule has 1 N–H and O–H groups in total. The average Bonchev–Trinajstić information content (AvgIpc) is 2.28. The molecule has 2 heteroatoms. The van der Waals surface area contributed by atoms with Crippen LogP contribution in [-0.2, 0) is 0 Å². The molecule has 2 rings (SSSR count). The van der Waals surface area contributed by atoms with Crippen LogP contribution in [-0.4, -0.2) is 5.66 Å². The van der Waals surface area contributed by atoms with Crippen molar-refractivity contribution in [2.75, 3.05) is 0 Å². The number of rotatable bonds is 2. The van der Waals surface area contributed by atoms with Gasteiger partial charge in [-0.15, -0.1) is 0 Å². The number of hydrogen-bond acceptors (Lipinski definition) is 2. The first-order valence-corrected chi connectivity index (χ1v) is 5.22. The molecule has 0 spiro atoms. The van der Waals surface area contributed by atoms with Crippen molar-refractivity contribution < 1.29 is 0 Å². The van der Waals surface area contributed by atoms with Crippen LogP contribution in [0.1, 0.15) is 26.7 Å². The minimum Gasteiger partial charge on any atom is -0.367 e. The molecule has 0 saturated carbocycles. The van der Waals surface area contributed by atoms with Gasteiger partial charge in [0.05, 0.1) is 5.36 Å². The van der Waals surface area contributed by atoms with Gasteiger partial charge in [0.2, 0.25) is 0 Å². The van der Waals surface area contributed by atoms with E-state index in [1.807, 2.05) is 12.1 Å². The van der Waals surface area contributed by atoms with E-state index in [0.717, 1.165) is 18.2 Å². The summed E-state index contributed by atoms with van der Waals surface area (Å²) in [7, 11) is 0. The third-order valence-electron chi connectivity index (χ3n) is 2.94. The third kappa shape index (κ3) is 1.41. The van der Waals surface area contributed by atoms with Crippen LogP contribution in [0, 0.1) is 0 Å². The molecule has 1 aliphatic rings. The van der Waals surface area contributed by atoms with E-state index in [2.05, 4.69) is 37.5 Å². The van der Waals surface area contributed by atoms with E-state index in [1.165, 1.54) is 5.22 Å². The quantitative estimate of drug-likeness (QED) is 0.740. The second-order valence-electron chi connectivity index (χ2n) is 3.70. The SMILES string of the molecule is CCC1(CC)N=c2ccccc2=CN1. The fourth-order valence-electron chi connectivity index (χ4n) is 1.80. The lowest BCUT2D eigenvalue weighted by molar-refractivity contribution is 0.352. The Bertz CT molecular complexity index is 430.